The summed E-state index contributed by atoms with van der Waals surface area (Å²) in [5.74, 6) is -0.708. The van der Waals surface area contributed by atoms with E-state index in [-0.39, 0.29) is 0 Å². The first kappa shape index (κ1) is 8.23. The van der Waals surface area contributed by atoms with Gasteiger partial charge in [-0.3, -0.25) is 0 Å². The van der Waals surface area contributed by atoms with Gasteiger partial charge < -0.3 is 4.74 Å². The summed E-state index contributed by atoms with van der Waals surface area (Å²) < 4.78 is 4.09. The smallest absolute Gasteiger partial charge is 0.376 e. The fourth-order valence-corrected chi connectivity index (χ4v) is 1.19. The third kappa shape index (κ3) is 2.32. The van der Waals surface area contributed by atoms with Crippen LogP contribution in [0.2, 0.25) is 0 Å². The van der Waals surface area contributed by atoms with Gasteiger partial charge in [-0.2, -0.15) is 0 Å². The lowest BCUT2D eigenvalue weighted by Crippen LogP contribution is -2.04. The number of thiophene rings is 1. The molecule has 0 aromatic carbocycles. The van der Waals surface area contributed by atoms with Gasteiger partial charge >= 0.3 is 11.4 Å². The van der Waals surface area contributed by atoms with Crippen molar-refractivity contribution in [2.24, 2.45) is 0 Å². The molecule has 0 radical (unpaired) electrons. The minimum atomic E-state index is -1.11. The zero-order valence-electron chi connectivity index (χ0n) is 5.24. The van der Waals surface area contributed by atoms with E-state index < -0.39 is 11.4 Å². The molecule has 1 aromatic rings. The third-order valence-corrected chi connectivity index (χ3v) is 1.82. The normalized spacial score (nSPS) is 9.18. The van der Waals surface area contributed by atoms with Gasteiger partial charge in [0.05, 0.1) is 0 Å². The number of esters is 1. The summed E-state index contributed by atoms with van der Waals surface area (Å²) in [5.41, 5.74) is -1.11. The maximum atomic E-state index is 10.8. The highest BCUT2D eigenvalue weighted by molar-refractivity contribution is 7.12. The van der Waals surface area contributed by atoms with Crippen LogP contribution in [0.3, 0.4) is 0 Å². The van der Waals surface area contributed by atoms with Crippen LogP contribution in [0.5, 0.6) is 0 Å². The number of rotatable bonds is 1. The SMILES string of the molecule is O=C(Cl)OC(=O)c1cccs1. The number of halogens is 1. The molecular weight excluding hydrogens is 188 g/mol. The molecule has 0 bridgehead atoms. The first-order valence-corrected chi connectivity index (χ1v) is 3.91. The average Bonchev–Trinajstić information content (AvgIpc) is 2.35. The number of carbonyl (C=O) groups excluding carboxylic acids is 2. The van der Waals surface area contributed by atoms with Crippen molar-refractivity contribution >= 4 is 34.3 Å². The summed E-state index contributed by atoms with van der Waals surface area (Å²) in [6.07, 6.45) is 0. The van der Waals surface area contributed by atoms with E-state index in [1.54, 1.807) is 17.5 Å². The molecule has 0 saturated heterocycles. The molecule has 1 heterocycles. The van der Waals surface area contributed by atoms with Crippen LogP contribution in [-0.2, 0) is 4.74 Å². The van der Waals surface area contributed by atoms with Crippen molar-refractivity contribution in [3.8, 4) is 0 Å². The Bertz CT molecular complexity index is 267. The van der Waals surface area contributed by atoms with Crippen molar-refractivity contribution in [2.75, 3.05) is 0 Å². The van der Waals surface area contributed by atoms with Gasteiger partial charge in [-0.25, -0.2) is 9.59 Å². The molecule has 58 valence electrons. The highest BCUT2D eigenvalue weighted by Crippen LogP contribution is 2.10. The molecule has 0 aliphatic heterocycles. The summed E-state index contributed by atoms with van der Waals surface area (Å²) in [4.78, 5) is 21.2. The molecule has 1 aromatic heterocycles. The predicted octanol–water partition coefficient (Wildman–Crippen LogP) is 2.26. The zero-order valence-corrected chi connectivity index (χ0v) is 6.82. The third-order valence-electron chi connectivity index (χ3n) is 0.895. The standard InChI is InChI=1S/C6H3ClO3S/c7-6(9)10-5(8)4-2-1-3-11-4/h1-3H. The molecule has 5 heteroatoms. The minimum absolute atomic E-state index is 0.360. The van der Waals surface area contributed by atoms with Gasteiger partial charge in [-0.1, -0.05) is 6.07 Å². The van der Waals surface area contributed by atoms with Crippen molar-refractivity contribution < 1.29 is 14.3 Å². The van der Waals surface area contributed by atoms with Crippen LogP contribution in [0.15, 0.2) is 17.5 Å². The van der Waals surface area contributed by atoms with Crippen LogP contribution in [0.1, 0.15) is 9.67 Å². The number of carbonyl (C=O) groups is 2. The van der Waals surface area contributed by atoms with Gasteiger partial charge in [-0.15, -0.1) is 11.3 Å². The molecule has 1 rings (SSSR count). The van der Waals surface area contributed by atoms with E-state index in [0.717, 1.165) is 0 Å². The summed E-state index contributed by atoms with van der Waals surface area (Å²) in [7, 11) is 0. The highest BCUT2D eigenvalue weighted by Gasteiger charge is 2.10. The Hall–Kier alpha value is -0.870. The van der Waals surface area contributed by atoms with E-state index in [1.807, 2.05) is 0 Å². The van der Waals surface area contributed by atoms with E-state index >= 15 is 0 Å². The second-order valence-corrected chi connectivity index (χ2v) is 2.86. The second kappa shape index (κ2) is 3.50. The quantitative estimate of drug-likeness (QED) is 0.388. The lowest BCUT2D eigenvalue weighted by Gasteiger charge is -1.92. The van der Waals surface area contributed by atoms with E-state index in [0.29, 0.717) is 4.88 Å². The van der Waals surface area contributed by atoms with Gasteiger partial charge in [0.25, 0.3) is 0 Å². The topological polar surface area (TPSA) is 43.4 Å². The van der Waals surface area contributed by atoms with E-state index in [9.17, 15) is 9.59 Å². The average molecular weight is 191 g/mol. The maximum absolute atomic E-state index is 10.8. The van der Waals surface area contributed by atoms with Gasteiger partial charge in [0.2, 0.25) is 0 Å². The van der Waals surface area contributed by atoms with E-state index in [1.165, 1.54) is 11.3 Å². The second-order valence-electron chi connectivity index (χ2n) is 1.60. The van der Waals surface area contributed by atoms with Crippen LogP contribution in [0.4, 0.5) is 4.79 Å². The monoisotopic (exact) mass is 190 g/mol. The highest BCUT2D eigenvalue weighted by atomic mass is 35.5. The predicted molar refractivity (Wildman–Crippen MR) is 41.0 cm³/mol. The van der Waals surface area contributed by atoms with Crippen molar-refractivity contribution in [3.63, 3.8) is 0 Å². The molecule has 0 saturated carbocycles. The van der Waals surface area contributed by atoms with Crippen LogP contribution in [0, 0.1) is 0 Å². The summed E-state index contributed by atoms with van der Waals surface area (Å²) in [6.45, 7) is 0. The van der Waals surface area contributed by atoms with E-state index in [4.69, 9.17) is 11.6 Å². The molecule has 0 fully saturated rings. The lowest BCUT2D eigenvalue weighted by molar-refractivity contribution is 0.0667. The zero-order chi connectivity index (χ0) is 8.27. The molecule has 0 amide bonds. The fraction of sp³-hybridized carbons (Fsp3) is 0. The Labute approximate surface area is 71.5 Å². The lowest BCUT2D eigenvalue weighted by atomic mass is 10.5. The molecule has 0 N–H and O–H groups in total. The number of ether oxygens (including phenoxy) is 1. The van der Waals surface area contributed by atoms with Gasteiger partial charge in [-0.05, 0) is 11.4 Å². The molecule has 3 nitrogen and oxygen atoms in total. The number of hydrogen-bond donors (Lipinski definition) is 0. The Balaban J connectivity index is 2.64. The summed E-state index contributed by atoms with van der Waals surface area (Å²) in [5, 5.41) is 1.70. The first-order chi connectivity index (χ1) is 5.20. The largest absolute Gasteiger partial charge is 0.411 e. The molecule has 0 spiro atoms. The summed E-state index contributed by atoms with van der Waals surface area (Å²) >= 11 is 6.00. The van der Waals surface area contributed by atoms with Crippen molar-refractivity contribution in [3.05, 3.63) is 22.4 Å². The van der Waals surface area contributed by atoms with Crippen LogP contribution < -0.4 is 0 Å². The van der Waals surface area contributed by atoms with Crippen LogP contribution in [0.25, 0.3) is 0 Å². The Morgan fingerprint density at radius 3 is 2.73 bits per heavy atom. The summed E-state index contributed by atoms with van der Waals surface area (Å²) in [6, 6.07) is 3.23. The Kier molecular flexibility index (Phi) is 2.62. The van der Waals surface area contributed by atoms with Crippen molar-refractivity contribution in [2.45, 2.75) is 0 Å². The molecule has 11 heavy (non-hydrogen) atoms. The van der Waals surface area contributed by atoms with Crippen LogP contribution >= 0.6 is 22.9 Å². The molecule has 0 atom stereocenters. The van der Waals surface area contributed by atoms with E-state index in [2.05, 4.69) is 4.74 Å². The maximum Gasteiger partial charge on any atom is 0.411 e. The Morgan fingerprint density at radius 2 is 2.27 bits per heavy atom. The minimum Gasteiger partial charge on any atom is -0.376 e. The Morgan fingerprint density at radius 1 is 1.55 bits per heavy atom. The molecular formula is C6H3ClO3S. The molecule has 0 aliphatic carbocycles. The van der Waals surface area contributed by atoms with Crippen molar-refractivity contribution in [1.29, 1.82) is 0 Å². The molecule has 0 aliphatic rings. The van der Waals surface area contributed by atoms with Gasteiger partial charge in [0.1, 0.15) is 4.88 Å². The van der Waals surface area contributed by atoms with Crippen LogP contribution in [-0.4, -0.2) is 11.4 Å². The molecule has 0 unspecified atom stereocenters. The van der Waals surface area contributed by atoms with Gasteiger partial charge in [0.15, 0.2) is 0 Å². The number of hydrogen-bond acceptors (Lipinski definition) is 4. The first-order valence-electron chi connectivity index (χ1n) is 2.65. The fourth-order valence-electron chi connectivity index (χ4n) is 0.518. The van der Waals surface area contributed by atoms with Crippen molar-refractivity contribution in [1.82, 2.24) is 0 Å². The van der Waals surface area contributed by atoms with Gasteiger partial charge in [0, 0.05) is 11.6 Å².